The van der Waals surface area contributed by atoms with Gasteiger partial charge in [0.1, 0.15) is 5.58 Å². The molecule has 0 saturated carbocycles. The van der Waals surface area contributed by atoms with Crippen molar-refractivity contribution < 1.29 is 12.8 Å². The summed E-state index contributed by atoms with van der Waals surface area (Å²) in [6, 6.07) is 7.45. The monoisotopic (exact) mass is 364 g/mol. The maximum atomic E-state index is 12.0. The van der Waals surface area contributed by atoms with E-state index in [1.54, 1.807) is 17.3 Å². The van der Waals surface area contributed by atoms with Gasteiger partial charge < -0.3 is 4.42 Å². The molecule has 6 nitrogen and oxygen atoms in total. The van der Waals surface area contributed by atoms with Crippen molar-refractivity contribution >= 4 is 21.0 Å². The van der Waals surface area contributed by atoms with Crippen LogP contribution in [0.4, 0.5) is 0 Å². The highest BCUT2D eigenvalue weighted by molar-refractivity contribution is 7.89. The number of fused-ring (bicyclic) bond motifs is 1. The molecule has 1 aromatic carbocycles. The Hall–Kier alpha value is -1.70. The van der Waals surface area contributed by atoms with Gasteiger partial charge in [-0.05, 0) is 36.6 Å². The first-order valence-corrected chi connectivity index (χ1v) is 10.3. The van der Waals surface area contributed by atoms with Gasteiger partial charge in [-0.15, -0.1) is 0 Å². The number of piperazine rings is 1. The van der Waals surface area contributed by atoms with E-state index >= 15 is 0 Å². The Morgan fingerprint density at radius 1 is 1.08 bits per heavy atom. The molecule has 0 atom stereocenters. The Labute approximate surface area is 148 Å². The normalized spacial score (nSPS) is 17.2. The van der Waals surface area contributed by atoms with Crippen LogP contribution in [0.3, 0.4) is 0 Å². The predicted octanol–water partition coefficient (Wildman–Crippen LogP) is 1.82. The molecule has 2 aromatic rings. The Bertz CT molecular complexity index is 912. The second kappa shape index (κ2) is 7.27. The molecule has 1 aliphatic rings. The lowest BCUT2D eigenvalue weighted by Crippen LogP contribution is -2.48. The zero-order valence-electron chi connectivity index (χ0n) is 14.7. The molecule has 1 saturated heterocycles. The second-order valence-corrected chi connectivity index (χ2v) is 8.61. The summed E-state index contributed by atoms with van der Waals surface area (Å²) in [5.74, 6) is 0.136. The molecule has 7 heteroatoms. The van der Waals surface area contributed by atoms with Gasteiger partial charge in [0.2, 0.25) is 10.0 Å². The predicted molar refractivity (Wildman–Crippen MR) is 98.2 cm³/mol. The van der Waals surface area contributed by atoms with Crippen molar-refractivity contribution in [2.45, 2.75) is 26.8 Å². The maximum absolute atomic E-state index is 12.0. The Morgan fingerprint density at radius 3 is 2.44 bits per heavy atom. The highest BCUT2D eigenvalue weighted by Gasteiger charge is 2.25. The van der Waals surface area contributed by atoms with Crippen molar-refractivity contribution in [3.63, 3.8) is 0 Å². The van der Waals surface area contributed by atoms with Gasteiger partial charge >= 0.3 is 5.63 Å². The summed E-state index contributed by atoms with van der Waals surface area (Å²) in [5, 5.41) is 0.961. The van der Waals surface area contributed by atoms with Gasteiger partial charge in [-0.3, -0.25) is 4.90 Å². The van der Waals surface area contributed by atoms with Crippen LogP contribution in [0.15, 0.2) is 33.5 Å². The van der Waals surface area contributed by atoms with Gasteiger partial charge in [-0.25, -0.2) is 13.2 Å². The molecule has 136 valence electrons. The first-order chi connectivity index (χ1) is 11.9. The highest BCUT2D eigenvalue weighted by Crippen LogP contribution is 2.21. The molecule has 0 bridgehead atoms. The van der Waals surface area contributed by atoms with Crippen molar-refractivity contribution in [3.8, 4) is 0 Å². The summed E-state index contributed by atoms with van der Waals surface area (Å²) < 4.78 is 30.8. The SMILES string of the molecule is CCc1ccc2oc(=O)cc(CN3CCN(S(=O)(=O)CC)CC3)c2c1. The average molecular weight is 364 g/mol. The van der Waals surface area contributed by atoms with Crippen LogP contribution in [-0.2, 0) is 23.0 Å². The number of hydrogen-bond donors (Lipinski definition) is 0. The fourth-order valence-electron chi connectivity index (χ4n) is 3.21. The minimum absolute atomic E-state index is 0.136. The molecular formula is C18H24N2O4S. The van der Waals surface area contributed by atoms with Crippen LogP contribution < -0.4 is 5.63 Å². The number of hydrogen-bond acceptors (Lipinski definition) is 5. The molecule has 0 spiro atoms. The number of sulfonamides is 1. The van der Waals surface area contributed by atoms with E-state index in [0.717, 1.165) is 17.4 Å². The van der Waals surface area contributed by atoms with E-state index in [1.165, 1.54) is 5.56 Å². The summed E-state index contributed by atoms with van der Waals surface area (Å²) in [6.07, 6.45) is 0.919. The zero-order valence-corrected chi connectivity index (χ0v) is 15.5. The molecule has 0 N–H and O–H groups in total. The van der Waals surface area contributed by atoms with Crippen molar-refractivity contribution in [2.24, 2.45) is 0 Å². The van der Waals surface area contributed by atoms with E-state index in [0.29, 0.717) is 38.3 Å². The topological polar surface area (TPSA) is 70.8 Å². The number of benzene rings is 1. The van der Waals surface area contributed by atoms with Crippen LogP contribution in [0.2, 0.25) is 0 Å². The van der Waals surface area contributed by atoms with E-state index < -0.39 is 10.0 Å². The third-order valence-corrected chi connectivity index (χ3v) is 6.67. The maximum Gasteiger partial charge on any atom is 0.336 e. The fourth-order valence-corrected chi connectivity index (χ4v) is 4.30. The molecule has 0 aliphatic carbocycles. The van der Waals surface area contributed by atoms with Crippen molar-refractivity contribution in [1.29, 1.82) is 0 Å². The lowest BCUT2D eigenvalue weighted by Gasteiger charge is -2.33. The molecule has 1 fully saturated rings. The third-order valence-electron chi connectivity index (χ3n) is 4.78. The first kappa shape index (κ1) is 18.1. The highest BCUT2D eigenvalue weighted by atomic mass is 32.2. The molecule has 25 heavy (non-hydrogen) atoms. The van der Waals surface area contributed by atoms with Gasteiger partial charge in [0.15, 0.2) is 0 Å². The third kappa shape index (κ3) is 3.94. The number of aryl methyl sites for hydroxylation is 1. The molecule has 0 unspecified atom stereocenters. The summed E-state index contributed by atoms with van der Waals surface area (Å²) in [5.41, 5.74) is 2.39. The van der Waals surface area contributed by atoms with Crippen LogP contribution >= 0.6 is 0 Å². The van der Waals surface area contributed by atoms with Crippen molar-refractivity contribution in [3.05, 3.63) is 45.8 Å². The van der Waals surface area contributed by atoms with E-state index in [2.05, 4.69) is 17.9 Å². The summed E-state index contributed by atoms with van der Waals surface area (Å²) >= 11 is 0. The summed E-state index contributed by atoms with van der Waals surface area (Å²) in [7, 11) is -3.13. The summed E-state index contributed by atoms with van der Waals surface area (Å²) in [4.78, 5) is 14.0. The van der Waals surface area contributed by atoms with E-state index in [9.17, 15) is 13.2 Å². The van der Waals surface area contributed by atoms with Crippen LogP contribution in [0.25, 0.3) is 11.0 Å². The smallest absolute Gasteiger partial charge is 0.336 e. The summed E-state index contributed by atoms with van der Waals surface area (Å²) in [6.45, 7) is 6.69. The molecule has 3 rings (SSSR count). The van der Waals surface area contributed by atoms with E-state index in [1.807, 2.05) is 12.1 Å². The average Bonchev–Trinajstić information content (AvgIpc) is 2.62. The van der Waals surface area contributed by atoms with Crippen LogP contribution in [0.5, 0.6) is 0 Å². The van der Waals surface area contributed by atoms with Gasteiger partial charge in [-0.1, -0.05) is 13.0 Å². The molecule has 0 radical (unpaired) electrons. The van der Waals surface area contributed by atoms with Crippen LogP contribution in [0, 0.1) is 0 Å². The zero-order chi connectivity index (χ0) is 18.0. The molecule has 2 heterocycles. The van der Waals surface area contributed by atoms with E-state index in [-0.39, 0.29) is 11.4 Å². The largest absolute Gasteiger partial charge is 0.423 e. The van der Waals surface area contributed by atoms with Gasteiger partial charge in [-0.2, -0.15) is 4.31 Å². The lowest BCUT2D eigenvalue weighted by atomic mass is 10.0. The minimum Gasteiger partial charge on any atom is -0.423 e. The fraction of sp³-hybridized carbons (Fsp3) is 0.500. The number of nitrogens with zero attached hydrogens (tertiary/aromatic N) is 2. The molecule has 1 aliphatic heterocycles. The Balaban J connectivity index is 1.81. The quantitative estimate of drug-likeness (QED) is 0.757. The Morgan fingerprint density at radius 2 is 1.80 bits per heavy atom. The molecule has 1 aromatic heterocycles. The molecular weight excluding hydrogens is 340 g/mol. The van der Waals surface area contributed by atoms with Crippen LogP contribution in [0.1, 0.15) is 25.0 Å². The van der Waals surface area contributed by atoms with Crippen LogP contribution in [-0.4, -0.2) is 49.6 Å². The Kier molecular flexibility index (Phi) is 5.27. The van der Waals surface area contributed by atoms with Crippen molar-refractivity contribution in [1.82, 2.24) is 9.21 Å². The van der Waals surface area contributed by atoms with Gasteiger partial charge in [0, 0.05) is 44.2 Å². The van der Waals surface area contributed by atoms with Crippen molar-refractivity contribution in [2.75, 3.05) is 31.9 Å². The second-order valence-electron chi connectivity index (χ2n) is 6.35. The van der Waals surface area contributed by atoms with E-state index in [4.69, 9.17) is 4.42 Å². The first-order valence-electron chi connectivity index (χ1n) is 8.68. The number of rotatable bonds is 5. The molecule has 0 amide bonds. The van der Waals surface area contributed by atoms with Gasteiger partial charge in [0.05, 0.1) is 5.75 Å². The minimum atomic E-state index is -3.13. The van der Waals surface area contributed by atoms with Gasteiger partial charge in [0.25, 0.3) is 0 Å². The lowest BCUT2D eigenvalue weighted by molar-refractivity contribution is 0.182. The standard InChI is InChI=1S/C18H24N2O4S/c1-3-14-5-6-17-16(11-14)15(12-18(21)24-17)13-19-7-9-20(10-8-19)25(22,23)4-2/h5-6,11-12H,3-4,7-10,13H2,1-2H3.